The lowest BCUT2D eigenvalue weighted by Gasteiger charge is -2.06. The number of ether oxygens (including phenoxy) is 1. The van der Waals surface area contributed by atoms with Gasteiger partial charge in [0.1, 0.15) is 23.9 Å². The molecule has 0 amide bonds. The lowest BCUT2D eigenvalue weighted by atomic mass is 10.3. The highest BCUT2D eigenvalue weighted by molar-refractivity contribution is 7.99. The smallest absolute Gasteiger partial charge is 0.453 e. The minimum atomic E-state index is -4.69. The van der Waals surface area contributed by atoms with Crippen molar-refractivity contribution >= 4 is 41.2 Å². The number of nitrogens with zero attached hydrogens (tertiary/aromatic N) is 4. The Morgan fingerprint density at radius 1 is 1.23 bits per heavy atom. The Morgan fingerprint density at radius 2 is 2.03 bits per heavy atom. The quantitative estimate of drug-likeness (QED) is 0.286. The number of aromatic nitrogens is 3. The number of furan rings is 1. The molecule has 0 aliphatic carbocycles. The zero-order valence-corrected chi connectivity index (χ0v) is 17.8. The fourth-order valence-corrected chi connectivity index (χ4v) is 3.30. The van der Waals surface area contributed by atoms with Gasteiger partial charge in [-0.25, -0.2) is 0 Å². The molecule has 6 nitrogen and oxygen atoms in total. The molecule has 2 aromatic heterocycles. The summed E-state index contributed by atoms with van der Waals surface area (Å²) >= 11 is 13.1. The van der Waals surface area contributed by atoms with Gasteiger partial charge in [-0.2, -0.15) is 22.9 Å². The Balaban J connectivity index is 1.74. The zero-order chi connectivity index (χ0) is 21.7. The van der Waals surface area contributed by atoms with Crippen LogP contribution in [-0.2, 0) is 12.8 Å². The van der Waals surface area contributed by atoms with Gasteiger partial charge in [-0.1, -0.05) is 41.9 Å². The van der Waals surface area contributed by atoms with E-state index in [2.05, 4.69) is 15.3 Å². The van der Waals surface area contributed by atoms with Crippen LogP contribution in [0.2, 0.25) is 10.0 Å². The number of alkyl halides is 3. The van der Waals surface area contributed by atoms with Gasteiger partial charge < -0.3 is 9.15 Å². The maximum atomic E-state index is 13.2. The molecule has 12 heteroatoms. The summed E-state index contributed by atoms with van der Waals surface area (Å²) in [6.07, 6.45) is -2.76. The molecule has 0 bridgehead atoms. The molecule has 0 N–H and O–H groups in total. The lowest BCUT2D eigenvalue weighted by Crippen LogP contribution is -2.13. The molecule has 0 saturated heterocycles. The average molecular weight is 479 g/mol. The summed E-state index contributed by atoms with van der Waals surface area (Å²) in [5.41, 5.74) is 0. The second-order valence-corrected chi connectivity index (χ2v) is 7.78. The summed E-state index contributed by atoms with van der Waals surface area (Å²) in [6, 6.07) is 7.97. The number of halogens is 5. The van der Waals surface area contributed by atoms with Crippen molar-refractivity contribution in [3.8, 4) is 5.75 Å². The molecule has 0 spiro atoms. The highest BCUT2D eigenvalue weighted by Gasteiger charge is 2.39. The minimum absolute atomic E-state index is 0.0473. The van der Waals surface area contributed by atoms with Crippen molar-refractivity contribution in [1.82, 2.24) is 14.9 Å². The number of rotatable bonds is 8. The third kappa shape index (κ3) is 5.71. The largest absolute Gasteiger partial charge is 0.484 e. The fraction of sp³-hybridized carbons (Fsp3) is 0.278. The molecule has 0 unspecified atom stereocenters. The van der Waals surface area contributed by atoms with Gasteiger partial charge >= 0.3 is 6.18 Å². The summed E-state index contributed by atoms with van der Waals surface area (Å²) in [7, 11) is 0. The lowest BCUT2D eigenvalue weighted by molar-refractivity contribution is -0.147. The van der Waals surface area contributed by atoms with Crippen LogP contribution in [0.3, 0.4) is 0 Å². The van der Waals surface area contributed by atoms with Crippen molar-refractivity contribution in [2.24, 2.45) is 5.10 Å². The van der Waals surface area contributed by atoms with E-state index in [4.69, 9.17) is 32.4 Å². The molecule has 160 valence electrons. The van der Waals surface area contributed by atoms with Gasteiger partial charge in [0.15, 0.2) is 0 Å². The van der Waals surface area contributed by atoms with E-state index in [0.717, 1.165) is 24.4 Å². The maximum Gasteiger partial charge on any atom is 0.453 e. The van der Waals surface area contributed by atoms with E-state index in [1.54, 1.807) is 30.3 Å². The molecule has 30 heavy (non-hydrogen) atoms. The van der Waals surface area contributed by atoms with Gasteiger partial charge in [-0.3, -0.25) is 0 Å². The van der Waals surface area contributed by atoms with Crippen molar-refractivity contribution in [3.05, 3.63) is 57.7 Å². The van der Waals surface area contributed by atoms with Gasteiger partial charge in [-0.05, 0) is 30.7 Å². The molecule has 1 aromatic carbocycles. The van der Waals surface area contributed by atoms with E-state index >= 15 is 0 Å². The van der Waals surface area contributed by atoms with Crippen LogP contribution in [0.1, 0.15) is 30.7 Å². The Hall–Kier alpha value is -2.17. The second kappa shape index (κ2) is 9.76. The van der Waals surface area contributed by atoms with E-state index < -0.39 is 12.0 Å². The SMILES string of the molecule is CCCSc1nnc(C(F)(F)F)n1N=Cc1ccc(COc2cc(Cl)ccc2Cl)o1. The van der Waals surface area contributed by atoms with Gasteiger partial charge in [0, 0.05) is 16.8 Å². The monoisotopic (exact) mass is 478 g/mol. The Kier molecular flexibility index (Phi) is 7.32. The van der Waals surface area contributed by atoms with Gasteiger partial charge in [0.05, 0.1) is 11.2 Å². The molecule has 3 rings (SSSR count). The van der Waals surface area contributed by atoms with Crippen molar-refractivity contribution < 1.29 is 22.3 Å². The second-order valence-electron chi connectivity index (χ2n) is 5.88. The van der Waals surface area contributed by atoms with Crippen LogP contribution in [0.4, 0.5) is 13.2 Å². The van der Waals surface area contributed by atoms with Crippen LogP contribution in [-0.4, -0.2) is 26.8 Å². The van der Waals surface area contributed by atoms with Crippen LogP contribution in [0.15, 0.2) is 45.0 Å². The van der Waals surface area contributed by atoms with Gasteiger partial charge in [0.25, 0.3) is 5.82 Å². The number of hydrogen-bond acceptors (Lipinski definition) is 6. The van der Waals surface area contributed by atoms with Crippen molar-refractivity contribution in [3.63, 3.8) is 0 Å². The first-order valence-corrected chi connectivity index (χ1v) is 10.4. The fourth-order valence-electron chi connectivity index (χ4n) is 2.22. The normalized spacial score (nSPS) is 12.1. The summed E-state index contributed by atoms with van der Waals surface area (Å²) in [5, 5.41) is 11.6. The Labute approximate surface area is 184 Å². The molecule has 0 aliphatic rings. The predicted molar refractivity (Wildman–Crippen MR) is 109 cm³/mol. The van der Waals surface area contributed by atoms with E-state index in [1.165, 1.54) is 0 Å². The molecule has 0 aliphatic heterocycles. The first-order valence-electron chi connectivity index (χ1n) is 8.64. The topological polar surface area (TPSA) is 65.4 Å². The van der Waals surface area contributed by atoms with Crippen molar-refractivity contribution in [1.29, 1.82) is 0 Å². The highest BCUT2D eigenvalue weighted by Crippen LogP contribution is 2.31. The van der Waals surface area contributed by atoms with Gasteiger partial charge in [0.2, 0.25) is 5.16 Å². The summed E-state index contributed by atoms with van der Waals surface area (Å²) < 4.78 is 51.3. The molecule has 0 atom stereocenters. The van der Waals surface area contributed by atoms with Crippen LogP contribution in [0, 0.1) is 0 Å². The molecular weight excluding hydrogens is 464 g/mol. The molecule has 3 aromatic rings. The third-order valence-corrected chi connectivity index (χ3v) is 5.22. The standard InChI is InChI=1S/C18H15Cl2F3N4O2S/c1-2-7-30-17-26-25-16(18(21,22)23)27(17)24-9-12-4-5-13(29-12)10-28-15-8-11(19)3-6-14(15)20/h3-6,8-9H,2,7,10H2,1H3. The predicted octanol–water partition coefficient (Wildman–Crippen LogP) is 6.16. The summed E-state index contributed by atoms with van der Waals surface area (Å²) in [6.45, 7) is 1.95. The molecule has 2 heterocycles. The molecule has 0 radical (unpaired) electrons. The van der Waals surface area contributed by atoms with E-state index in [-0.39, 0.29) is 17.5 Å². The Bertz CT molecular complexity index is 1040. The Morgan fingerprint density at radius 3 is 2.77 bits per heavy atom. The van der Waals surface area contributed by atoms with Crippen LogP contribution < -0.4 is 4.74 Å². The minimum Gasteiger partial charge on any atom is -0.484 e. The van der Waals surface area contributed by atoms with Gasteiger partial charge in [-0.15, -0.1) is 10.2 Å². The van der Waals surface area contributed by atoms with Crippen molar-refractivity contribution in [2.45, 2.75) is 31.3 Å². The van der Waals surface area contributed by atoms with Crippen LogP contribution >= 0.6 is 35.0 Å². The molecular formula is C18H15Cl2F3N4O2S. The van der Waals surface area contributed by atoms with E-state index in [0.29, 0.717) is 32.0 Å². The highest BCUT2D eigenvalue weighted by atomic mass is 35.5. The third-order valence-electron chi connectivity index (χ3n) is 3.55. The maximum absolute atomic E-state index is 13.2. The number of thioether (sulfide) groups is 1. The summed E-state index contributed by atoms with van der Waals surface area (Å²) in [5.74, 6) is 0.419. The van der Waals surface area contributed by atoms with E-state index in [9.17, 15) is 13.2 Å². The first kappa shape index (κ1) is 22.5. The first-order chi connectivity index (χ1) is 14.3. The average Bonchev–Trinajstić information content (AvgIpc) is 3.31. The molecule has 0 saturated carbocycles. The van der Waals surface area contributed by atoms with Crippen LogP contribution in [0.5, 0.6) is 5.75 Å². The zero-order valence-electron chi connectivity index (χ0n) is 15.5. The van der Waals surface area contributed by atoms with Crippen LogP contribution in [0.25, 0.3) is 0 Å². The van der Waals surface area contributed by atoms with E-state index in [1.807, 2.05) is 6.92 Å². The van der Waals surface area contributed by atoms with Crippen molar-refractivity contribution in [2.75, 3.05) is 5.75 Å². The summed E-state index contributed by atoms with van der Waals surface area (Å²) in [4.78, 5) is 0. The number of hydrogen-bond donors (Lipinski definition) is 0. The molecule has 0 fully saturated rings. The number of benzene rings is 1.